The Balaban J connectivity index is 1.53. The fourth-order valence-electron chi connectivity index (χ4n) is 4.00. The third-order valence-electron chi connectivity index (χ3n) is 5.40. The molecule has 2 amide bonds. The van der Waals surface area contributed by atoms with E-state index in [9.17, 15) is 9.59 Å². The van der Waals surface area contributed by atoms with Crippen molar-refractivity contribution in [2.45, 2.75) is 20.4 Å². The first kappa shape index (κ1) is 20.1. The fourth-order valence-corrected chi connectivity index (χ4v) is 4.20. The van der Waals surface area contributed by atoms with Gasteiger partial charge in [-0.1, -0.05) is 37.6 Å². The van der Waals surface area contributed by atoms with Crippen LogP contribution >= 0.6 is 11.6 Å². The van der Waals surface area contributed by atoms with Crippen LogP contribution in [-0.2, 0) is 6.54 Å². The van der Waals surface area contributed by atoms with Crippen molar-refractivity contribution in [3.05, 3.63) is 52.8 Å². The molecule has 10 nitrogen and oxygen atoms in total. The van der Waals surface area contributed by atoms with E-state index in [-0.39, 0.29) is 35.0 Å². The second kappa shape index (κ2) is 7.13. The number of benzene rings is 1. The van der Waals surface area contributed by atoms with Gasteiger partial charge >= 0.3 is 0 Å². The molecule has 0 radical (unpaired) electrons. The SMILES string of the molecule is CC(C)(CN1C(=O)c2ccccc2C1=O)Cn1c(-c2nonc2N)nc2c(Cl)nccc21. The number of carbonyl (C=O) groups is 2. The van der Waals surface area contributed by atoms with E-state index < -0.39 is 5.41 Å². The topological polar surface area (TPSA) is 133 Å². The third kappa shape index (κ3) is 3.11. The van der Waals surface area contributed by atoms with Crippen LogP contribution in [-0.4, -0.2) is 48.1 Å². The summed E-state index contributed by atoms with van der Waals surface area (Å²) in [4.78, 5) is 35.7. The number of nitrogens with two attached hydrogens (primary N) is 1. The minimum atomic E-state index is -0.544. The Morgan fingerprint density at radius 2 is 1.75 bits per heavy atom. The molecule has 0 atom stereocenters. The maximum absolute atomic E-state index is 12.9. The number of hydrogen-bond acceptors (Lipinski definition) is 8. The molecule has 0 aliphatic carbocycles. The number of imidazole rings is 1. The third-order valence-corrected chi connectivity index (χ3v) is 5.68. The molecule has 2 N–H and O–H groups in total. The molecule has 4 heterocycles. The lowest BCUT2D eigenvalue weighted by molar-refractivity contribution is 0.0579. The van der Waals surface area contributed by atoms with Gasteiger partial charge in [0.2, 0.25) is 0 Å². The molecule has 0 fully saturated rings. The zero-order valence-electron chi connectivity index (χ0n) is 17.2. The number of halogens is 1. The molecule has 32 heavy (non-hydrogen) atoms. The number of rotatable bonds is 5. The highest BCUT2D eigenvalue weighted by Gasteiger charge is 2.39. The number of imide groups is 1. The highest BCUT2D eigenvalue weighted by Crippen LogP contribution is 2.34. The van der Waals surface area contributed by atoms with Crippen LogP contribution in [0.15, 0.2) is 41.2 Å². The van der Waals surface area contributed by atoms with E-state index in [1.54, 1.807) is 36.5 Å². The van der Waals surface area contributed by atoms with Gasteiger partial charge in [-0.25, -0.2) is 14.6 Å². The molecule has 0 bridgehead atoms. The number of pyridine rings is 1. The van der Waals surface area contributed by atoms with Crippen molar-refractivity contribution in [1.29, 1.82) is 0 Å². The largest absolute Gasteiger partial charge is 0.379 e. The van der Waals surface area contributed by atoms with Crippen LogP contribution < -0.4 is 5.73 Å². The number of anilines is 1. The summed E-state index contributed by atoms with van der Waals surface area (Å²) in [5.41, 5.74) is 7.66. The Kier molecular flexibility index (Phi) is 4.48. The van der Waals surface area contributed by atoms with Crippen LogP contribution in [0.3, 0.4) is 0 Å². The molecule has 1 aliphatic rings. The minimum Gasteiger partial charge on any atom is -0.379 e. The summed E-state index contributed by atoms with van der Waals surface area (Å²) in [6, 6.07) is 8.60. The molecule has 162 valence electrons. The number of fused-ring (bicyclic) bond motifs is 2. The predicted molar refractivity (Wildman–Crippen MR) is 116 cm³/mol. The van der Waals surface area contributed by atoms with E-state index in [1.165, 1.54) is 4.90 Å². The summed E-state index contributed by atoms with van der Waals surface area (Å²) in [6.45, 7) is 4.49. The van der Waals surface area contributed by atoms with Crippen LogP contribution in [0.1, 0.15) is 34.6 Å². The van der Waals surface area contributed by atoms with Gasteiger partial charge in [-0.3, -0.25) is 14.5 Å². The molecule has 0 saturated heterocycles. The first-order valence-electron chi connectivity index (χ1n) is 9.81. The molecule has 3 aromatic heterocycles. The van der Waals surface area contributed by atoms with E-state index in [4.69, 9.17) is 22.0 Å². The summed E-state index contributed by atoms with van der Waals surface area (Å²) >= 11 is 6.27. The number of nitrogens with zero attached hydrogens (tertiary/aromatic N) is 6. The fraction of sp³-hybridized carbons (Fsp3) is 0.238. The van der Waals surface area contributed by atoms with Gasteiger partial charge < -0.3 is 10.3 Å². The molecule has 0 spiro atoms. The lowest BCUT2D eigenvalue weighted by Gasteiger charge is -2.30. The van der Waals surface area contributed by atoms with Gasteiger partial charge in [-0.05, 0) is 28.5 Å². The zero-order chi connectivity index (χ0) is 22.6. The first-order valence-corrected chi connectivity index (χ1v) is 10.2. The molecule has 1 aromatic carbocycles. The van der Waals surface area contributed by atoms with E-state index in [1.807, 2.05) is 18.4 Å². The quantitative estimate of drug-likeness (QED) is 0.361. The Bertz CT molecular complexity index is 1360. The van der Waals surface area contributed by atoms with Crippen LogP contribution in [0.2, 0.25) is 5.15 Å². The van der Waals surface area contributed by atoms with Crippen molar-refractivity contribution in [3.63, 3.8) is 0 Å². The first-order chi connectivity index (χ1) is 15.3. The zero-order valence-corrected chi connectivity index (χ0v) is 18.0. The second-order valence-corrected chi connectivity index (χ2v) is 8.75. The molecular weight excluding hydrogens is 434 g/mol. The molecule has 0 unspecified atom stereocenters. The maximum atomic E-state index is 12.9. The Labute approximate surface area is 186 Å². The average molecular weight is 452 g/mol. The number of nitrogen functional groups attached to an aromatic ring is 1. The highest BCUT2D eigenvalue weighted by atomic mass is 35.5. The standard InChI is InChI=1S/C21H18ClN7O3/c1-21(2,10-29-19(30)11-5-3-4-6-12(11)20(29)31)9-28-13-7-8-24-16(22)14(13)25-18(28)15-17(23)27-32-26-15/h3-8H,9-10H2,1-2H3,(H2,23,27). The normalized spacial score (nSPS) is 13.9. The van der Waals surface area contributed by atoms with E-state index in [0.717, 1.165) is 0 Å². The van der Waals surface area contributed by atoms with Gasteiger partial charge in [0.25, 0.3) is 11.8 Å². The van der Waals surface area contributed by atoms with Crippen molar-refractivity contribution in [1.82, 2.24) is 29.7 Å². The maximum Gasteiger partial charge on any atom is 0.261 e. The predicted octanol–water partition coefficient (Wildman–Crippen LogP) is 3.04. The number of carbonyl (C=O) groups excluding carboxylic acids is 2. The van der Waals surface area contributed by atoms with Gasteiger partial charge in [0, 0.05) is 24.7 Å². The van der Waals surface area contributed by atoms with Crippen LogP contribution in [0.25, 0.3) is 22.6 Å². The van der Waals surface area contributed by atoms with Crippen molar-refractivity contribution >= 4 is 40.3 Å². The van der Waals surface area contributed by atoms with E-state index >= 15 is 0 Å². The van der Waals surface area contributed by atoms with Crippen LogP contribution in [0.4, 0.5) is 5.82 Å². The number of aromatic nitrogens is 5. The molecule has 11 heteroatoms. The van der Waals surface area contributed by atoms with Gasteiger partial charge in [0.15, 0.2) is 22.5 Å². The molecular formula is C21H18ClN7O3. The summed E-state index contributed by atoms with van der Waals surface area (Å²) in [5, 5.41) is 7.75. The summed E-state index contributed by atoms with van der Waals surface area (Å²) in [5.74, 6) is -0.106. The molecule has 1 aliphatic heterocycles. The lowest BCUT2D eigenvalue weighted by Crippen LogP contribution is -2.40. The van der Waals surface area contributed by atoms with Crippen LogP contribution in [0.5, 0.6) is 0 Å². The van der Waals surface area contributed by atoms with E-state index in [2.05, 4.69) is 20.3 Å². The Morgan fingerprint density at radius 1 is 1.06 bits per heavy atom. The molecule has 4 aromatic rings. The summed E-state index contributed by atoms with van der Waals surface area (Å²) in [7, 11) is 0. The molecule has 5 rings (SSSR count). The van der Waals surface area contributed by atoms with Gasteiger partial charge in [-0.2, -0.15) is 0 Å². The smallest absolute Gasteiger partial charge is 0.261 e. The van der Waals surface area contributed by atoms with Crippen molar-refractivity contribution in [2.75, 3.05) is 12.3 Å². The van der Waals surface area contributed by atoms with Crippen molar-refractivity contribution in [2.24, 2.45) is 5.41 Å². The summed E-state index contributed by atoms with van der Waals surface area (Å²) < 4.78 is 6.63. The van der Waals surface area contributed by atoms with Crippen LogP contribution in [0, 0.1) is 5.41 Å². The second-order valence-electron chi connectivity index (χ2n) is 8.40. The number of amides is 2. The van der Waals surface area contributed by atoms with Gasteiger partial charge in [0.1, 0.15) is 5.52 Å². The Morgan fingerprint density at radius 3 is 2.38 bits per heavy atom. The van der Waals surface area contributed by atoms with Gasteiger partial charge in [0.05, 0.1) is 16.6 Å². The Hall–Kier alpha value is -3.79. The van der Waals surface area contributed by atoms with E-state index in [0.29, 0.717) is 34.5 Å². The molecule has 0 saturated carbocycles. The average Bonchev–Trinajstić information content (AvgIpc) is 3.40. The number of hydrogen-bond donors (Lipinski definition) is 1. The highest BCUT2D eigenvalue weighted by molar-refractivity contribution is 6.33. The van der Waals surface area contributed by atoms with Gasteiger partial charge in [-0.15, -0.1) is 0 Å². The summed E-state index contributed by atoms with van der Waals surface area (Å²) in [6.07, 6.45) is 1.58. The van der Waals surface area contributed by atoms with Crippen molar-refractivity contribution in [3.8, 4) is 11.5 Å². The monoisotopic (exact) mass is 451 g/mol. The van der Waals surface area contributed by atoms with Crippen molar-refractivity contribution < 1.29 is 14.2 Å². The minimum absolute atomic E-state index is 0.0868. The lowest BCUT2D eigenvalue weighted by atomic mass is 9.92.